The zero-order valence-corrected chi connectivity index (χ0v) is 20.3. The molecular formula is C26H35N7O. The maximum atomic E-state index is 12.9. The standard InChI is InChI=1S/C26H35N7O/c1-31(2)25(34)22-16-19-17-28-26(30-24(19)33(22)20-10-6-7-11-20)29-23-13-12-21(18-27-23)32-14-8-4-3-5-9-15-32/h12-13,16-18,20H,3-11,14-15H2,1-2H3,(H,27,28,29,30). The summed E-state index contributed by atoms with van der Waals surface area (Å²) in [5.41, 5.74) is 2.67. The Labute approximate surface area is 201 Å². The molecule has 1 amide bonds. The number of fused-ring (bicyclic) bond motifs is 1. The van der Waals surface area contributed by atoms with Crippen LogP contribution >= 0.6 is 0 Å². The maximum absolute atomic E-state index is 12.9. The van der Waals surface area contributed by atoms with Crippen molar-refractivity contribution < 1.29 is 4.79 Å². The first kappa shape index (κ1) is 22.6. The third-order valence-electron chi connectivity index (χ3n) is 7.10. The van der Waals surface area contributed by atoms with Crippen LogP contribution in [-0.4, -0.2) is 57.5 Å². The van der Waals surface area contributed by atoms with E-state index < -0.39 is 0 Å². The molecule has 4 heterocycles. The molecule has 0 spiro atoms. The van der Waals surface area contributed by atoms with Crippen molar-refractivity contribution in [3.05, 3.63) is 36.3 Å². The predicted molar refractivity (Wildman–Crippen MR) is 136 cm³/mol. The molecule has 2 aliphatic rings. The topological polar surface area (TPSA) is 79.2 Å². The van der Waals surface area contributed by atoms with Crippen LogP contribution in [0, 0.1) is 0 Å². The average molecular weight is 462 g/mol. The van der Waals surface area contributed by atoms with E-state index in [1.807, 2.05) is 18.3 Å². The number of pyridine rings is 1. The van der Waals surface area contributed by atoms with Crippen LogP contribution in [0.5, 0.6) is 0 Å². The Morgan fingerprint density at radius 1 is 0.971 bits per heavy atom. The number of aromatic nitrogens is 4. The van der Waals surface area contributed by atoms with Gasteiger partial charge in [-0.15, -0.1) is 0 Å². The molecule has 3 aromatic rings. The highest BCUT2D eigenvalue weighted by Gasteiger charge is 2.26. The van der Waals surface area contributed by atoms with Crippen LogP contribution in [0.3, 0.4) is 0 Å². The van der Waals surface area contributed by atoms with Crippen molar-refractivity contribution in [2.75, 3.05) is 37.4 Å². The summed E-state index contributed by atoms with van der Waals surface area (Å²) < 4.78 is 2.13. The van der Waals surface area contributed by atoms with Gasteiger partial charge in [0.1, 0.15) is 17.2 Å². The normalized spacial score (nSPS) is 17.5. The summed E-state index contributed by atoms with van der Waals surface area (Å²) in [6.45, 7) is 2.20. The van der Waals surface area contributed by atoms with Crippen LogP contribution < -0.4 is 10.2 Å². The van der Waals surface area contributed by atoms with Gasteiger partial charge in [0.25, 0.3) is 5.91 Å². The number of anilines is 3. The third-order valence-corrected chi connectivity index (χ3v) is 7.10. The third kappa shape index (κ3) is 4.72. The molecular weight excluding hydrogens is 426 g/mol. The number of hydrogen-bond acceptors (Lipinski definition) is 6. The molecule has 1 aliphatic carbocycles. The summed E-state index contributed by atoms with van der Waals surface area (Å²) in [5, 5.41) is 4.16. The molecule has 1 saturated heterocycles. The number of hydrogen-bond donors (Lipinski definition) is 1. The Balaban J connectivity index is 1.39. The Morgan fingerprint density at radius 3 is 2.38 bits per heavy atom. The first-order valence-electron chi connectivity index (χ1n) is 12.7. The fraction of sp³-hybridized carbons (Fsp3) is 0.538. The first-order valence-corrected chi connectivity index (χ1v) is 12.7. The van der Waals surface area contributed by atoms with E-state index in [1.165, 1.54) is 50.6 Å². The molecule has 0 unspecified atom stereocenters. The Bertz CT molecular complexity index is 1120. The van der Waals surface area contributed by atoms with Crippen molar-refractivity contribution in [2.24, 2.45) is 0 Å². The number of carbonyl (C=O) groups is 1. The molecule has 5 rings (SSSR count). The minimum atomic E-state index is 0.000815. The lowest BCUT2D eigenvalue weighted by molar-refractivity contribution is 0.0815. The van der Waals surface area contributed by atoms with Crippen molar-refractivity contribution in [3.8, 4) is 0 Å². The Morgan fingerprint density at radius 2 is 1.71 bits per heavy atom. The molecule has 0 radical (unpaired) electrons. The number of amides is 1. The van der Waals surface area contributed by atoms with Crippen LogP contribution in [0.2, 0.25) is 0 Å². The van der Waals surface area contributed by atoms with Crippen molar-refractivity contribution in [2.45, 2.75) is 63.8 Å². The summed E-state index contributed by atoms with van der Waals surface area (Å²) in [5.74, 6) is 1.22. The quantitative estimate of drug-likeness (QED) is 0.566. The van der Waals surface area contributed by atoms with Gasteiger partial charge in [-0.3, -0.25) is 4.79 Å². The maximum Gasteiger partial charge on any atom is 0.270 e. The zero-order valence-electron chi connectivity index (χ0n) is 20.3. The summed E-state index contributed by atoms with van der Waals surface area (Å²) in [6, 6.07) is 6.36. The molecule has 1 aliphatic heterocycles. The minimum Gasteiger partial charge on any atom is -0.370 e. The van der Waals surface area contributed by atoms with Gasteiger partial charge in [-0.05, 0) is 43.9 Å². The molecule has 1 saturated carbocycles. The number of rotatable bonds is 5. The number of carbonyl (C=O) groups excluding carboxylic acids is 1. The fourth-order valence-corrected chi connectivity index (χ4v) is 5.26. The van der Waals surface area contributed by atoms with Gasteiger partial charge in [-0.25, -0.2) is 9.97 Å². The van der Waals surface area contributed by atoms with E-state index in [0.717, 1.165) is 42.8 Å². The molecule has 1 N–H and O–H groups in total. The molecule has 0 aromatic carbocycles. The van der Waals surface area contributed by atoms with Crippen LogP contribution in [0.15, 0.2) is 30.6 Å². The summed E-state index contributed by atoms with van der Waals surface area (Å²) in [7, 11) is 3.58. The van der Waals surface area contributed by atoms with Gasteiger partial charge in [0, 0.05) is 44.8 Å². The second-order valence-electron chi connectivity index (χ2n) is 9.79. The Hall–Kier alpha value is -3.16. The largest absolute Gasteiger partial charge is 0.370 e. The van der Waals surface area contributed by atoms with E-state index in [0.29, 0.717) is 17.7 Å². The predicted octanol–water partition coefficient (Wildman–Crippen LogP) is 5.16. The van der Waals surface area contributed by atoms with Gasteiger partial charge >= 0.3 is 0 Å². The average Bonchev–Trinajstić information content (AvgIpc) is 3.46. The Kier molecular flexibility index (Phi) is 6.65. The van der Waals surface area contributed by atoms with Crippen LogP contribution in [0.4, 0.5) is 17.5 Å². The molecule has 2 fully saturated rings. The fourth-order valence-electron chi connectivity index (χ4n) is 5.26. The molecule has 0 atom stereocenters. The van der Waals surface area contributed by atoms with Crippen molar-refractivity contribution in [1.82, 2.24) is 24.4 Å². The zero-order chi connectivity index (χ0) is 23.5. The number of nitrogens with one attached hydrogen (secondary N) is 1. The van der Waals surface area contributed by atoms with Gasteiger partial charge in [0.2, 0.25) is 5.95 Å². The van der Waals surface area contributed by atoms with Crippen molar-refractivity contribution >= 4 is 34.4 Å². The summed E-state index contributed by atoms with van der Waals surface area (Å²) in [6.07, 6.45) is 14.7. The van der Waals surface area contributed by atoms with E-state index in [9.17, 15) is 4.79 Å². The number of nitrogens with zero attached hydrogens (tertiary/aromatic N) is 6. The summed E-state index contributed by atoms with van der Waals surface area (Å²) >= 11 is 0. The van der Waals surface area contributed by atoms with E-state index in [4.69, 9.17) is 4.98 Å². The van der Waals surface area contributed by atoms with E-state index in [-0.39, 0.29) is 5.91 Å². The lowest BCUT2D eigenvalue weighted by atomic mass is 10.1. The van der Waals surface area contributed by atoms with E-state index in [2.05, 4.69) is 30.8 Å². The van der Waals surface area contributed by atoms with Crippen molar-refractivity contribution in [3.63, 3.8) is 0 Å². The van der Waals surface area contributed by atoms with Gasteiger partial charge < -0.3 is 19.7 Å². The van der Waals surface area contributed by atoms with Gasteiger partial charge in [-0.2, -0.15) is 4.98 Å². The molecule has 3 aromatic heterocycles. The lowest BCUT2D eigenvalue weighted by Gasteiger charge is -2.26. The minimum absolute atomic E-state index is 0.000815. The second-order valence-corrected chi connectivity index (χ2v) is 9.79. The molecule has 34 heavy (non-hydrogen) atoms. The van der Waals surface area contributed by atoms with Gasteiger partial charge in [0.15, 0.2) is 0 Å². The first-order chi connectivity index (χ1) is 16.6. The van der Waals surface area contributed by atoms with Crippen LogP contribution in [0.25, 0.3) is 11.0 Å². The van der Waals surface area contributed by atoms with Crippen LogP contribution in [0.1, 0.15) is 74.3 Å². The van der Waals surface area contributed by atoms with E-state index >= 15 is 0 Å². The second kappa shape index (κ2) is 9.99. The molecule has 8 nitrogen and oxygen atoms in total. The van der Waals surface area contributed by atoms with Gasteiger partial charge in [-0.1, -0.05) is 32.1 Å². The van der Waals surface area contributed by atoms with E-state index in [1.54, 1.807) is 25.2 Å². The smallest absolute Gasteiger partial charge is 0.270 e. The monoisotopic (exact) mass is 461 g/mol. The molecule has 180 valence electrons. The van der Waals surface area contributed by atoms with Crippen LogP contribution in [-0.2, 0) is 0 Å². The van der Waals surface area contributed by atoms with Gasteiger partial charge in [0.05, 0.1) is 11.9 Å². The highest BCUT2D eigenvalue weighted by atomic mass is 16.2. The molecule has 0 bridgehead atoms. The lowest BCUT2D eigenvalue weighted by Crippen LogP contribution is -2.27. The van der Waals surface area contributed by atoms with Crippen molar-refractivity contribution in [1.29, 1.82) is 0 Å². The highest BCUT2D eigenvalue weighted by Crippen LogP contribution is 2.35. The highest BCUT2D eigenvalue weighted by molar-refractivity contribution is 5.97. The summed E-state index contributed by atoms with van der Waals surface area (Å²) in [4.78, 5) is 31.0. The molecule has 8 heteroatoms. The SMILES string of the molecule is CN(C)C(=O)c1cc2cnc(Nc3ccc(N4CCCCCCC4)cn3)nc2n1C1CCCC1.